The molecule has 0 N–H and O–H groups in total. The number of carbonyl (C=O) groups is 1. The van der Waals surface area contributed by atoms with Crippen LogP contribution in [0.5, 0.6) is 5.88 Å². The van der Waals surface area contributed by atoms with Crippen LogP contribution in [0.2, 0.25) is 0 Å². The monoisotopic (exact) mass is 299 g/mol. The molecule has 1 amide bonds. The summed E-state index contributed by atoms with van der Waals surface area (Å²) in [5.41, 5.74) is 1.15. The third kappa shape index (κ3) is 3.30. The Labute approximate surface area is 130 Å². The molecule has 0 saturated carbocycles. The maximum absolute atomic E-state index is 12.3. The number of hydrogen-bond acceptors (Lipinski definition) is 3. The van der Waals surface area contributed by atoms with Crippen LogP contribution in [0.1, 0.15) is 25.5 Å². The number of carbonyl (C=O) groups excluding carboxylic acids is 1. The number of hydrogen-bond donors (Lipinski definition) is 0. The number of amides is 1. The highest BCUT2D eigenvalue weighted by atomic mass is 16.5. The first-order valence-corrected chi connectivity index (χ1v) is 7.75. The molecule has 0 saturated heterocycles. The van der Waals surface area contributed by atoms with Crippen molar-refractivity contribution in [1.29, 1.82) is 0 Å². The second-order valence-corrected chi connectivity index (χ2v) is 5.58. The molecular formula is C17H21N3O2. The third-order valence-electron chi connectivity index (χ3n) is 3.84. The van der Waals surface area contributed by atoms with Gasteiger partial charge < -0.3 is 14.2 Å². The van der Waals surface area contributed by atoms with Gasteiger partial charge in [0.1, 0.15) is 6.10 Å². The molecule has 5 heteroatoms. The summed E-state index contributed by atoms with van der Waals surface area (Å²) < 4.78 is 8.15. The van der Waals surface area contributed by atoms with Gasteiger partial charge >= 0.3 is 0 Å². The summed E-state index contributed by atoms with van der Waals surface area (Å²) in [5, 5.41) is 0. The Hall–Kier alpha value is -2.30. The normalized spacial score (nSPS) is 17.7. The highest BCUT2D eigenvalue weighted by molar-refractivity contribution is 5.76. The van der Waals surface area contributed by atoms with Crippen LogP contribution in [-0.4, -0.2) is 33.0 Å². The van der Waals surface area contributed by atoms with E-state index in [9.17, 15) is 4.79 Å². The van der Waals surface area contributed by atoms with E-state index in [0.717, 1.165) is 18.7 Å². The molecule has 0 bridgehead atoms. The lowest BCUT2D eigenvalue weighted by Crippen LogP contribution is -2.38. The van der Waals surface area contributed by atoms with Crippen LogP contribution in [0.25, 0.3) is 0 Å². The number of pyridine rings is 1. The fourth-order valence-corrected chi connectivity index (χ4v) is 2.78. The zero-order valence-corrected chi connectivity index (χ0v) is 12.8. The molecule has 2 aromatic heterocycles. The quantitative estimate of drug-likeness (QED) is 0.871. The highest BCUT2D eigenvalue weighted by Gasteiger charge is 2.25. The van der Waals surface area contributed by atoms with E-state index in [4.69, 9.17) is 4.74 Å². The minimum atomic E-state index is -0.0932. The van der Waals surface area contributed by atoms with Crippen LogP contribution in [0.15, 0.2) is 42.7 Å². The lowest BCUT2D eigenvalue weighted by atomic mass is 10.2. The third-order valence-corrected chi connectivity index (χ3v) is 3.84. The lowest BCUT2D eigenvalue weighted by Gasteiger charge is -2.24. The average Bonchev–Trinajstić information content (AvgIpc) is 2.87. The zero-order chi connectivity index (χ0) is 15.4. The van der Waals surface area contributed by atoms with Gasteiger partial charge in [0.25, 0.3) is 0 Å². The van der Waals surface area contributed by atoms with E-state index in [-0.39, 0.29) is 12.0 Å². The summed E-state index contributed by atoms with van der Waals surface area (Å²) in [6, 6.07) is 9.69. The lowest BCUT2D eigenvalue weighted by molar-refractivity contribution is -0.132. The molecule has 1 aliphatic rings. The van der Waals surface area contributed by atoms with Gasteiger partial charge in [-0.25, -0.2) is 4.98 Å². The summed E-state index contributed by atoms with van der Waals surface area (Å²) in [4.78, 5) is 18.4. The molecule has 0 spiro atoms. The van der Waals surface area contributed by atoms with E-state index < -0.39 is 0 Å². The molecule has 5 nitrogen and oxygen atoms in total. The molecule has 116 valence electrons. The maximum Gasteiger partial charge on any atom is 0.223 e. The van der Waals surface area contributed by atoms with Gasteiger partial charge in [0.05, 0.1) is 19.6 Å². The average molecular weight is 299 g/mol. The van der Waals surface area contributed by atoms with Crippen molar-refractivity contribution < 1.29 is 9.53 Å². The summed E-state index contributed by atoms with van der Waals surface area (Å²) >= 11 is 0. The van der Waals surface area contributed by atoms with Crippen molar-refractivity contribution in [2.75, 3.05) is 6.54 Å². The minimum absolute atomic E-state index is 0.0932. The Morgan fingerprint density at radius 2 is 2.23 bits per heavy atom. The van der Waals surface area contributed by atoms with Crippen molar-refractivity contribution in [3.05, 3.63) is 48.4 Å². The van der Waals surface area contributed by atoms with Crippen molar-refractivity contribution >= 4 is 5.91 Å². The van der Waals surface area contributed by atoms with Crippen LogP contribution in [0, 0.1) is 0 Å². The Balaban J connectivity index is 1.79. The van der Waals surface area contributed by atoms with Crippen molar-refractivity contribution in [3.8, 4) is 5.88 Å². The molecule has 22 heavy (non-hydrogen) atoms. The van der Waals surface area contributed by atoms with E-state index in [1.807, 2.05) is 42.3 Å². The van der Waals surface area contributed by atoms with Gasteiger partial charge in [-0.05, 0) is 24.6 Å². The van der Waals surface area contributed by atoms with Gasteiger partial charge in [-0.3, -0.25) is 4.79 Å². The second-order valence-electron chi connectivity index (χ2n) is 5.58. The molecule has 1 unspecified atom stereocenters. The number of nitrogens with zero attached hydrogens (tertiary/aromatic N) is 3. The van der Waals surface area contributed by atoms with Crippen molar-refractivity contribution in [3.63, 3.8) is 0 Å². The molecule has 0 radical (unpaired) electrons. The number of fused-ring (bicyclic) bond motifs is 1. The van der Waals surface area contributed by atoms with Gasteiger partial charge in [0.2, 0.25) is 11.8 Å². The van der Waals surface area contributed by atoms with Crippen molar-refractivity contribution in [1.82, 2.24) is 14.5 Å². The molecule has 1 atom stereocenters. The summed E-state index contributed by atoms with van der Waals surface area (Å²) in [6.45, 7) is 4.00. The molecule has 3 rings (SSSR count). The summed E-state index contributed by atoms with van der Waals surface area (Å²) in [5.74, 6) is 0.790. The first-order valence-electron chi connectivity index (χ1n) is 7.75. The molecule has 0 aromatic carbocycles. The molecular weight excluding hydrogens is 278 g/mol. The van der Waals surface area contributed by atoms with Crippen molar-refractivity contribution in [2.24, 2.45) is 0 Å². The molecule has 1 aliphatic heterocycles. The fourth-order valence-electron chi connectivity index (χ4n) is 2.78. The Bertz CT molecular complexity index is 624. The topological polar surface area (TPSA) is 47.4 Å². The molecule has 0 aliphatic carbocycles. The van der Waals surface area contributed by atoms with Crippen LogP contribution in [0.4, 0.5) is 0 Å². The van der Waals surface area contributed by atoms with Crippen LogP contribution in [0.3, 0.4) is 0 Å². The molecule has 2 aromatic rings. The van der Waals surface area contributed by atoms with E-state index in [1.54, 1.807) is 6.20 Å². The first-order chi connectivity index (χ1) is 10.8. The highest BCUT2D eigenvalue weighted by Crippen LogP contribution is 2.18. The first kappa shape index (κ1) is 14.6. The predicted octanol–water partition coefficient (Wildman–Crippen LogP) is 2.47. The SMILES string of the molecule is CCCC(=O)N1Cc2cccn2CC(Oc2ccccn2)C1. The Morgan fingerprint density at radius 1 is 1.32 bits per heavy atom. The summed E-state index contributed by atoms with van der Waals surface area (Å²) in [7, 11) is 0. The van der Waals surface area contributed by atoms with Gasteiger partial charge in [-0.1, -0.05) is 13.0 Å². The standard InChI is InChI=1S/C17H21N3O2/c1-2-6-17(21)20-11-14-7-5-10-19(14)12-15(13-20)22-16-8-3-4-9-18-16/h3-5,7-10,15H,2,6,11-13H2,1H3. The van der Waals surface area contributed by atoms with Gasteiger partial charge in [0, 0.05) is 30.6 Å². The van der Waals surface area contributed by atoms with Crippen LogP contribution < -0.4 is 4.74 Å². The molecule has 0 fully saturated rings. The Kier molecular flexibility index (Phi) is 4.42. The number of ether oxygens (including phenoxy) is 1. The predicted molar refractivity (Wildman–Crippen MR) is 83.4 cm³/mol. The summed E-state index contributed by atoms with van der Waals surface area (Å²) in [6.07, 6.45) is 5.11. The van der Waals surface area contributed by atoms with E-state index in [0.29, 0.717) is 25.4 Å². The van der Waals surface area contributed by atoms with Crippen LogP contribution >= 0.6 is 0 Å². The van der Waals surface area contributed by atoms with Gasteiger partial charge in [-0.15, -0.1) is 0 Å². The zero-order valence-electron chi connectivity index (χ0n) is 12.8. The van der Waals surface area contributed by atoms with E-state index in [1.165, 1.54) is 0 Å². The van der Waals surface area contributed by atoms with Gasteiger partial charge in [0.15, 0.2) is 0 Å². The molecule has 3 heterocycles. The largest absolute Gasteiger partial charge is 0.471 e. The number of aromatic nitrogens is 2. The van der Waals surface area contributed by atoms with Gasteiger partial charge in [-0.2, -0.15) is 0 Å². The van der Waals surface area contributed by atoms with E-state index >= 15 is 0 Å². The van der Waals surface area contributed by atoms with Crippen LogP contribution in [-0.2, 0) is 17.9 Å². The fraction of sp³-hybridized carbons (Fsp3) is 0.412. The smallest absolute Gasteiger partial charge is 0.223 e. The number of rotatable bonds is 4. The Morgan fingerprint density at radius 3 is 3.00 bits per heavy atom. The van der Waals surface area contributed by atoms with Crippen molar-refractivity contribution in [2.45, 2.75) is 39.0 Å². The maximum atomic E-state index is 12.3. The second kappa shape index (κ2) is 6.64. The minimum Gasteiger partial charge on any atom is -0.471 e. The van der Waals surface area contributed by atoms with E-state index in [2.05, 4.69) is 15.6 Å².